The highest BCUT2D eigenvalue weighted by Gasteiger charge is 2.38. The molecular formula is C19H17BrCl2F2O2. The zero-order valence-corrected chi connectivity index (χ0v) is 17.4. The van der Waals surface area contributed by atoms with Gasteiger partial charge in [-0.25, -0.2) is 8.78 Å². The van der Waals surface area contributed by atoms with Crippen LogP contribution in [0, 0.1) is 24.5 Å². The fourth-order valence-corrected chi connectivity index (χ4v) is 3.84. The molecule has 0 aliphatic rings. The zero-order chi connectivity index (χ0) is 19.8. The number of benzene rings is 2. The lowest BCUT2D eigenvalue weighted by atomic mass is 9.71. The van der Waals surface area contributed by atoms with Crippen molar-refractivity contribution >= 4 is 45.1 Å². The van der Waals surface area contributed by atoms with Gasteiger partial charge in [0.2, 0.25) is 0 Å². The Morgan fingerprint density at radius 2 is 1.62 bits per heavy atom. The Morgan fingerprint density at radius 1 is 1.15 bits per heavy atom. The molecule has 0 spiro atoms. The molecule has 0 bridgehead atoms. The Bertz CT molecular complexity index is 823. The summed E-state index contributed by atoms with van der Waals surface area (Å²) >= 11 is 15.4. The Labute approximate surface area is 169 Å². The molecule has 0 heterocycles. The summed E-state index contributed by atoms with van der Waals surface area (Å²) in [6, 6.07) is 7.22. The molecule has 1 unspecified atom stereocenters. The first-order valence-electron chi connectivity index (χ1n) is 7.78. The van der Waals surface area contributed by atoms with E-state index in [2.05, 4.69) is 15.9 Å². The number of carbonyl (C=O) groups is 1. The topological polar surface area (TPSA) is 37.3 Å². The zero-order valence-electron chi connectivity index (χ0n) is 14.3. The van der Waals surface area contributed by atoms with Gasteiger partial charge in [-0.15, -0.1) is 0 Å². The highest BCUT2D eigenvalue weighted by Crippen LogP contribution is 2.40. The molecule has 140 valence electrons. The molecule has 26 heavy (non-hydrogen) atoms. The standard InChI is InChI=1S/C19H17BrCl2F2O2/c1-9-16(23)14(21)12(15(22)17(9)24)8-13(18(25)26)19(2,3)10-4-6-11(20)7-5-10/h4-7,13H,8H2,1-3H3,(H,25,26). The van der Waals surface area contributed by atoms with Gasteiger partial charge in [-0.05, 0) is 36.6 Å². The van der Waals surface area contributed by atoms with Crippen molar-refractivity contribution in [3.05, 3.63) is 67.1 Å². The molecule has 0 fully saturated rings. The van der Waals surface area contributed by atoms with Gasteiger partial charge in [-0.3, -0.25) is 4.79 Å². The molecule has 7 heteroatoms. The van der Waals surface area contributed by atoms with Gasteiger partial charge in [0.25, 0.3) is 0 Å². The van der Waals surface area contributed by atoms with Crippen molar-refractivity contribution < 1.29 is 18.7 Å². The molecule has 0 aliphatic carbocycles. The van der Waals surface area contributed by atoms with Crippen LogP contribution < -0.4 is 0 Å². The minimum atomic E-state index is -1.11. The quantitative estimate of drug-likeness (QED) is 0.507. The molecule has 1 atom stereocenters. The molecule has 1 N–H and O–H groups in total. The van der Waals surface area contributed by atoms with Crippen LogP contribution in [0.1, 0.15) is 30.5 Å². The van der Waals surface area contributed by atoms with Crippen molar-refractivity contribution in [2.75, 3.05) is 0 Å². The maximum atomic E-state index is 14.2. The number of rotatable bonds is 5. The average Bonchev–Trinajstić information content (AvgIpc) is 2.58. The van der Waals surface area contributed by atoms with Gasteiger partial charge in [0, 0.05) is 15.5 Å². The van der Waals surface area contributed by atoms with Gasteiger partial charge < -0.3 is 5.11 Å². The van der Waals surface area contributed by atoms with E-state index < -0.39 is 28.9 Å². The van der Waals surface area contributed by atoms with Gasteiger partial charge in [-0.2, -0.15) is 0 Å². The van der Waals surface area contributed by atoms with Crippen LogP contribution in [0.15, 0.2) is 28.7 Å². The molecule has 0 amide bonds. The lowest BCUT2D eigenvalue weighted by molar-refractivity contribution is -0.144. The van der Waals surface area contributed by atoms with Crippen LogP contribution in [-0.2, 0) is 16.6 Å². The van der Waals surface area contributed by atoms with Gasteiger partial charge in [0.1, 0.15) is 11.6 Å². The predicted molar refractivity (Wildman–Crippen MR) is 103 cm³/mol. The van der Waals surface area contributed by atoms with E-state index in [0.29, 0.717) is 0 Å². The molecule has 2 nitrogen and oxygen atoms in total. The lowest BCUT2D eigenvalue weighted by Gasteiger charge is -2.33. The molecule has 0 aromatic heterocycles. The smallest absolute Gasteiger partial charge is 0.307 e. The van der Waals surface area contributed by atoms with E-state index >= 15 is 0 Å². The number of aliphatic carboxylic acids is 1. The first-order valence-corrected chi connectivity index (χ1v) is 9.33. The lowest BCUT2D eigenvalue weighted by Crippen LogP contribution is -2.36. The molecule has 0 aliphatic heterocycles. The fourth-order valence-electron chi connectivity index (χ4n) is 2.90. The summed E-state index contributed by atoms with van der Waals surface area (Å²) in [5, 5.41) is 9.10. The molecule has 2 aromatic carbocycles. The third-order valence-electron chi connectivity index (χ3n) is 4.74. The van der Waals surface area contributed by atoms with E-state index in [-0.39, 0.29) is 27.6 Å². The van der Waals surface area contributed by atoms with Crippen molar-refractivity contribution in [2.24, 2.45) is 5.92 Å². The Balaban J connectivity index is 2.54. The van der Waals surface area contributed by atoms with E-state index in [0.717, 1.165) is 10.0 Å². The Kier molecular flexibility index (Phi) is 6.36. The first kappa shape index (κ1) is 21.1. The molecule has 0 saturated carbocycles. The maximum absolute atomic E-state index is 14.2. The Morgan fingerprint density at radius 3 is 2.04 bits per heavy atom. The van der Waals surface area contributed by atoms with Crippen LogP contribution in [0.2, 0.25) is 10.0 Å². The van der Waals surface area contributed by atoms with Crippen molar-refractivity contribution in [3.63, 3.8) is 0 Å². The summed E-state index contributed by atoms with van der Waals surface area (Å²) in [5.41, 5.74) is -0.389. The number of halogens is 5. The van der Waals surface area contributed by atoms with E-state index in [1.165, 1.54) is 6.92 Å². The summed E-state index contributed by atoms with van der Waals surface area (Å²) in [7, 11) is 0. The van der Waals surface area contributed by atoms with Gasteiger partial charge in [-0.1, -0.05) is 65.1 Å². The van der Waals surface area contributed by atoms with E-state index in [9.17, 15) is 18.7 Å². The molecular weight excluding hydrogens is 449 g/mol. The first-order chi connectivity index (χ1) is 12.0. The summed E-state index contributed by atoms with van der Waals surface area (Å²) in [6.45, 7) is 4.75. The van der Waals surface area contributed by atoms with Gasteiger partial charge in [0.05, 0.1) is 16.0 Å². The second kappa shape index (κ2) is 7.83. The van der Waals surface area contributed by atoms with Crippen LogP contribution in [0.25, 0.3) is 0 Å². The second-order valence-electron chi connectivity index (χ2n) is 6.68. The van der Waals surface area contributed by atoms with Crippen molar-refractivity contribution in [1.82, 2.24) is 0 Å². The normalized spacial score (nSPS) is 12.9. The maximum Gasteiger partial charge on any atom is 0.307 e. The molecule has 2 aromatic rings. The summed E-state index contributed by atoms with van der Waals surface area (Å²) < 4.78 is 29.2. The summed E-state index contributed by atoms with van der Waals surface area (Å²) in [6.07, 6.45) is -0.204. The van der Waals surface area contributed by atoms with Gasteiger partial charge in [0.15, 0.2) is 0 Å². The summed E-state index contributed by atoms with van der Waals surface area (Å²) in [5.74, 6) is -3.95. The van der Waals surface area contributed by atoms with Crippen LogP contribution in [0.4, 0.5) is 8.78 Å². The van der Waals surface area contributed by atoms with Crippen molar-refractivity contribution in [3.8, 4) is 0 Å². The second-order valence-corrected chi connectivity index (χ2v) is 8.35. The molecule has 0 saturated heterocycles. The number of hydrogen-bond donors (Lipinski definition) is 1. The van der Waals surface area contributed by atoms with Crippen molar-refractivity contribution in [1.29, 1.82) is 0 Å². The summed E-state index contributed by atoms with van der Waals surface area (Å²) in [4.78, 5) is 12.0. The number of carboxylic acids is 1. The molecule has 0 radical (unpaired) electrons. The average molecular weight is 466 g/mol. The predicted octanol–water partition coefficient (Wildman–Crippen LogP) is 6.56. The van der Waals surface area contributed by atoms with Crippen LogP contribution in [0.5, 0.6) is 0 Å². The number of carboxylic acid groups (broad SMARTS) is 1. The van der Waals surface area contributed by atoms with E-state index in [4.69, 9.17) is 23.2 Å². The fraction of sp³-hybridized carbons (Fsp3) is 0.316. The highest BCUT2D eigenvalue weighted by atomic mass is 79.9. The van der Waals surface area contributed by atoms with E-state index in [1.807, 2.05) is 0 Å². The van der Waals surface area contributed by atoms with Gasteiger partial charge >= 0.3 is 5.97 Å². The number of hydrogen-bond acceptors (Lipinski definition) is 1. The Hall–Kier alpha value is -1.17. The SMILES string of the molecule is Cc1c(F)c(Cl)c(CC(C(=O)O)C(C)(C)c2ccc(Br)cc2)c(Cl)c1F. The third kappa shape index (κ3) is 3.90. The molecule has 2 rings (SSSR count). The van der Waals surface area contributed by atoms with Crippen LogP contribution in [0.3, 0.4) is 0 Å². The highest BCUT2D eigenvalue weighted by molar-refractivity contribution is 9.10. The monoisotopic (exact) mass is 464 g/mol. The minimum Gasteiger partial charge on any atom is -0.481 e. The van der Waals surface area contributed by atoms with Crippen LogP contribution >= 0.6 is 39.1 Å². The minimum absolute atomic E-state index is 0.0356. The van der Waals surface area contributed by atoms with E-state index in [1.54, 1.807) is 38.1 Å². The largest absolute Gasteiger partial charge is 0.481 e. The van der Waals surface area contributed by atoms with Crippen LogP contribution in [-0.4, -0.2) is 11.1 Å². The van der Waals surface area contributed by atoms with Crippen molar-refractivity contribution in [2.45, 2.75) is 32.6 Å². The third-order valence-corrected chi connectivity index (χ3v) is 6.06.